The average Bonchev–Trinajstić information content (AvgIpc) is 1.99. The maximum Gasteiger partial charge on any atom is 0.305 e. The fraction of sp³-hybridized carbons (Fsp3) is 0.600. The highest BCUT2D eigenvalue weighted by Gasteiger charge is 2.39. The number of hydrogen-bond acceptors (Lipinski definition) is 2. The van der Waals surface area contributed by atoms with Gasteiger partial charge in [-0.3, -0.25) is 9.59 Å². The van der Waals surface area contributed by atoms with Crippen LogP contribution in [0.2, 0.25) is 0 Å². The number of rotatable bonds is 3. The summed E-state index contributed by atoms with van der Waals surface area (Å²) in [6, 6.07) is 0. The van der Waals surface area contributed by atoms with Crippen molar-refractivity contribution in [3.05, 3.63) is 0 Å². The molecule has 0 aliphatic heterocycles. The number of carboxylic acid groups (broad SMARTS) is 1. The van der Waals surface area contributed by atoms with E-state index in [1.807, 2.05) is 0 Å². The molecule has 2 N–H and O–H groups in total. The van der Waals surface area contributed by atoms with E-state index in [-0.39, 0.29) is 12.3 Å². The lowest BCUT2D eigenvalue weighted by molar-refractivity contribution is -0.140. The summed E-state index contributed by atoms with van der Waals surface area (Å²) >= 11 is 0. The van der Waals surface area contributed by atoms with Crippen LogP contribution in [0.4, 0.5) is 0 Å². The molecule has 1 saturated carbocycles. The minimum Gasteiger partial charge on any atom is -0.481 e. The Labute approximate surface area is 82.7 Å². The highest BCUT2D eigenvalue weighted by atomic mass is 16.4. The van der Waals surface area contributed by atoms with Crippen LogP contribution in [0.5, 0.6) is 0 Å². The standard InChI is InChI=1S/C10H13NO3/c1-2-4-8(12)11-10(5-3-6-10)7-9(13)14/h3,5-7H2,1H3,(H,11,12)(H,13,14). The number of carbonyl (C=O) groups is 2. The Kier molecular flexibility index (Phi) is 3.13. The molecule has 0 radical (unpaired) electrons. The van der Waals surface area contributed by atoms with E-state index < -0.39 is 11.5 Å². The summed E-state index contributed by atoms with van der Waals surface area (Å²) in [5, 5.41) is 11.3. The van der Waals surface area contributed by atoms with Gasteiger partial charge in [-0.2, -0.15) is 0 Å². The molecule has 0 aromatic carbocycles. The van der Waals surface area contributed by atoms with E-state index in [1.54, 1.807) is 6.92 Å². The summed E-state index contributed by atoms with van der Waals surface area (Å²) in [6.07, 6.45) is 2.42. The van der Waals surface area contributed by atoms with Gasteiger partial charge in [-0.25, -0.2) is 0 Å². The number of aliphatic carboxylic acids is 1. The number of carbonyl (C=O) groups excluding carboxylic acids is 1. The second-order valence-corrected chi connectivity index (χ2v) is 3.53. The second kappa shape index (κ2) is 4.14. The molecular formula is C10H13NO3. The van der Waals surface area contributed by atoms with Crippen molar-refractivity contribution in [1.29, 1.82) is 0 Å². The molecule has 0 heterocycles. The van der Waals surface area contributed by atoms with Gasteiger partial charge in [0, 0.05) is 0 Å². The van der Waals surface area contributed by atoms with Crippen molar-refractivity contribution in [3.63, 3.8) is 0 Å². The van der Waals surface area contributed by atoms with Crippen LogP contribution in [0, 0.1) is 11.8 Å². The van der Waals surface area contributed by atoms with E-state index in [1.165, 1.54) is 0 Å². The van der Waals surface area contributed by atoms with Gasteiger partial charge in [0.1, 0.15) is 0 Å². The minimum absolute atomic E-state index is 0.00979. The van der Waals surface area contributed by atoms with Crippen molar-refractivity contribution >= 4 is 11.9 Å². The first kappa shape index (κ1) is 10.6. The molecule has 4 heteroatoms. The Morgan fingerprint density at radius 1 is 1.50 bits per heavy atom. The molecule has 1 fully saturated rings. The largest absolute Gasteiger partial charge is 0.481 e. The van der Waals surface area contributed by atoms with Crippen LogP contribution >= 0.6 is 0 Å². The fourth-order valence-electron chi connectivity index (χ4n) is 1.62. The summed E-state index contributed by atoms with van der Waals surface area (Å²) < 4.78 is 0. The zero-order chi connectivity index (χ0) is 10.6. The van der Waals surface area contributed by atoms with Gasteiger partial charge in [0.25, 0.3) is 5.91 Å². The van der Waals surface area contributed by atoms with Crippen molar-refractivity contribution in [2.75, 3.05) is 0 Å². The molecule has 1 aliphatic carbocycles. The molecule has 0 atom stereocenters. The molecule has 1 aliphatic rings. The zero-order valence-corrected chi connectivity index (χ0v) is 8.09. The Bertz CT molecular complexity index is 307. The van der Waals surface area contributed by atoms with Crippen LogP contribution in [0.25, 0.3) is 0 Å². The van der Waals surface area contributed by atoms with Crippen molar-refractivity contribution in [2.24, 2.45) is 0 Å². The molecule has 0 bridgehead atoms. The van der Waals surface area contributed by atoms with Gasteiger partial charge in [-0.1, -0.05) is 5.92 Å². The van der Waals surface area contributed by atoms with Gasteiger partial charge in [-0.05, 0) is 32.1 Å². The summed E-state index contributed by atoms with van der Waals surface area (Å²) in [7, 11) is 0. The molecule has 0 aromatic heterocycles. The maximum absolute atomic E-state index is 11.2. The lowest BCUT2D eigenvalue weighted by Gasteiger charge is -2.40. The Morgan fingerprint density at radius 2 is 2.14 bits per heavy atom. The average molecular weight is 195 g/mol. The first-order valence-corrected chi connectivity index (χ1v) is 4.55. The van der Waals surface area contributed by atoms with E-state index >= 15 is 0 Å². The molecule has 0 unspecified atom stereocenters. The van der Waals surface area contributed by atoms with Crippen molar-refractivity contribution in [1.82, 2.24) is 5.32 Å². The van der Waals surface area contributed by atoms with Crippen molar-refractivity contribution < 1.29 is 14.7 Å². The number of nitrogens with one attached hydrogen (secondary N) is 1. The number of carboxylic acids is 1. The third-order valence-electron chi connectivity index (χ3n) is 2.42. The topological polar surface area (TPSA) is 66.4 Å². The molecule has 0 saturated heterocycles. The third-order valence-corrected chi connectivity index (χ3v) is 2.42. The molecule has 76 valence electrons. The molecule has 0 spiro atoms. The molecule has 14 heavy (non-hydrogen) atoms. The van der Waals surface area contributed by atoms with Gasteiger partial charge in [-0.15, -0.1) is 0 Å². The fourth-order valence-corrected chi connectivity index (χ4v) is 1.62. The summed E-state index contributed by atoms with van der Waals surface area (Å²) in [4.78, 5) is 21.7. The predicted molar refractivity (Wildman–Crippen MR) is 50.4 cm³/mol. The van der Waals surface area contributed by atoms with Gasteiger partial charge in [0.05, 0.1) is 12.0 Å². The van der Waals surface area contributed by atoms with Crippen LogP contribution in [0.15, 0.2) is 0 Å². The second-order valence-electron chi connectivity index (χ2n) is 3.53. The van der Waals surface area contributed by atoms with Crippen LogP contribution in [0.3, 0.4) is 0 Å². The van der Waals surface area contributed by atoms with Gasteiger partial charge >= 0.3 is 5.97 Å². The quantitative estimate of drug-likeness (QED) is 0.645. The Balaban J connectivity index is 2.56. The van der Waals surface area contributed by atoms with E-state index in [0.717, 1.165) is 19.3 Å². The number of amides is 1. The van der Waals surface area contributed by atoms with Crippen LogP contribution in [-0.4, -0.2) is 22.5 Å². The van der Waals surface area contributed by atoms with Gasteiger partial charge in [0.2, 0.25) is 0 Å². The van der Waals surface area contributed by atoms with Crippen molar-refractivity contribution in [2.45, 2.75) is 38.1 Å². The summed E-state index contributed by atoms with van der Waals surface area (Å²) in [5.41, 5.74) is -0.535. The zero-order valence-electron chi connectivity index (χ0n) is 8.09. The molecule has 4 nitrogen and oxygen atoms in total. The van der Waals surface area contributed by atoms with Crippen LogP contribution in [-0.2, 0) is 9.59 Å². The van der Waals surface area contributed by atoms with Gasteiger partial charge < -0.3 is 10.4 Å². The highest BCUT2D eigenvalue weighted by molar-refractivity contribution is 5.94. The first-order chi connectivity index (χ1) is 6.58. The van der Waals surface area contributed by atoms with E-state index in [9.17, 15) is 9.59 Å². The van der Waals surface area contributed by atoms with Crippen LogP contribution < -0.4 is 5.32 Å². The maximum atomic E-state index is 11.2. The SMILES string of the molecule is CC#CC(=O)NC1(CC(=O)O)CCC1. The molecule has 0 aromatic rings. The third kappa shape index (κ3) is 2.49. The molecule has 1 amide bonds. The highest BCUT2D eigenvalue weighted by Crippen LogP contribution is 2.34. The summed E-state index contributed by atoms with van der Waals surface area (Å²) in [6.45, 7) is 1.57. The molecular weight excluding hydrogens is 182 g/mol. The van der Waals surface area contributed by atoms with Crippen molar-refractivity contribution in [3.8, 4) is 11.8 Å². The predicted octanol–water partition coefficient (Wildman–Crippen LogP) is 0.523. The lowest BCUT2D eigenvalue weighted by atomic mass is 9.74. The minimum atomic E-state index is -0.880. The van der Waals surface area contributed by atoms with E-state index in [0.29, 0.717) is 0 Å². The van der Waals surface area contributed by atoms with Crippen LogP contribution in [0.1, 0.15) is 32.6 Å². The molecule has 1 rings (SSSR count). The normalized spacial score (nSPS) is 17.2. The van der Waals surface area contributed by atoms with E-state index in [2.05, 4.69) is 17.2 Å². The first-order valence-electron chi connectivity index (χ1n) is 4.55. The Morgan fingerprint density at radius 3 is 2.50 bits per heavy atom. The van der Waals surface area contributed by atoms with Gasteiger partial charge in [0.15, 0.2) is 0 Å². The lowest BCUT2D eigenvalue weighted by Crippen LogP contribution is -2.54. The summed E-state index contributed by atoms with van der Waals surface area (Å²) in [5.74, 6) is 3.57. The monoisotopic (exact) mass is 195 g/mol. The smallest absolute Gasteiger partial charge is 0.305 e. The van der Waals surface area contributed by atoms with E-state index in [4.69, 9.17) is 5.11 Å². The Hall–Kier alpha value is -1.50. The number of hydrogen-bond donors (Lipinski definition) is 2.